The molecule has 3 nitrogen and oxygen atoms in total. The second-order valence-electron chi connectivity index (χ2n) is 6.59. The molecule has 0 saturated heterocycles. The van der Waals surface area contributed by atoms with Gasteiger partial charge in [0, 0.05) is 23.5 Å². The zero-order valence-corrected chi connectivity index (χ0v) is 12.6. The van der Waals surface area contributed by atoms with Crippen molar-refractivity contribution in [3.63, 3.8) is 0 Å². The van der Waals surface area contributed by atoms with Gasteiger partial charge in [-0.1, -0.05) is 6.92 Å². The number of benzene rings is 1. The smallest absolute Gasteiger partial charge is 0.139 e. The van der Waals surface area contributed by atoms with Crippen LogP contribution in [-0.4, -0.2) is 19.5 Å². The number of hydrogen-bond donors (Lipinski definition) is 0. The zero-order valence-electron chi connectivity index (χ0n) is 12.6. The summed E-state index contributed by atoms with van der Waals surface area (Å²) >= 11 is 0. The number of allylic oxidation sites excluding steroid dienone is 1. The fraction of sp³-hybridized carbons (Fsp3) is 0.500. The highest BCUT2D eigenvalue weighted by Crippen LogP contribution is 2.56. The predicted octanol–water partition coefficient (Wildman–Crippen LogP) is 3.62. The first-order valence-electron chi connectivity index (χ1n) is 7.70. The lowest BCUT2D eigenvalue weighted by Gasteiger charge is -2.40. The average Bonchev–Trinajstić information content (AvgIpc) is 2.82. The van der Waals surface area contributed by atoms with Gasteiger partial charge < -0.3 is 9.47 Å². The van der Waals surface area contributed by atoms with Gasteiger partial charge in [-0.15, -0.1) is 0 Å². The third-order valence-corrected chi connectivity index (χ3v) is 5.67. The lowest BCUT2D eigenvalue weighted by atomic mass is 9.65. The van der Waals surface area contributed by atoms with Gasteiger partial charge in [0.25, 0.3) is 0 Å². The van der Waals surface area contributed by atoms with Crippen molar-refractivity contribution < 1.29 is 14.3 Å². The standard InChI is InChI=1S/C18H20O3/c1-18-8-7-12-13-4-3-11(20-2)9-16(13)21-10-14(12)15(18)5-6-17(18)19/h3-4,9,15H,5-8,10H2,1-2H3/t15?,18-/m0/s1. The number of Topliss-reactive ketones (excluding diaryl/α,β-unsaturated/α-hetero) is 1. The summed E-state index contributed by atoms with van der Waals surface area (Å²) in [5.41, 5.74) is 3.83. The zero-order chi connectivity index (χ0) is 14.6. The molecule has 1 aliphatic heterocycles. The molecule has 4 rings (SSSR count). The van der Waals surface area contributed by atoms with Crippen LogP contribution in [0, 0.1) is 11.3 Å². The van der Waals surface area contributed by atoms with Crippen molar-refractivity contribution in [1.29, 1.82) is 0 Å². The molecule has 1 heterocycles. The highest BCUT2D eigenvalue weighted by atomic mass is 16.5. The van der Waals surface area contributed by atoms with E-state index in [2.05, 4.69) is 13.0 Å². The molecule has 0 aromatic heterocycles. The number of carbonyl (C=O) groups excluding carboxylic acids is 1. The number of ether oxygens (including phenoxy) is 2. The SMILES string of the molecule is COc1ccc2c(c1)OCC1=C2CC[C@]2(C)C(=O)CCC12. The van der Waals surface area contributed by atoms with Crippen molar-refractivity contribution in [2.75, 3.05) is 13.7 Å². The Hall–Kier alpha value is -1.77. The van der Waals surface area contributed by atoms with E-state index in [0.717, 1.165) is 37.2 Å². The van der Waals surface area contributed by atoms with E-state index in [9.17, 15) is 4.79 Å². The van der Waals surface area contributed by atoms with Crippen LogP contribution in [0.5, 0.6) is 11.5 Å². The number of hydrogen-bond acceptors (Lipinski definition) is 3. The number of carbonyl (C=O) groups is 1. The minimum absolute atomic E-state index is 0.147. The molecule has 2 aliphatic carbocycles. The molecule has 0 radical (unpaired) electrons. The molecule has 3 aliphatic rings. The van der Waals surface area contributed by atoms with Crippen molar-refractivity contribution in [2.24, 2.45) is 11.3 Å². The summed E-state index contributed by atoms with van der Waals surface area (Å²) in [6, 6.07) is 6.06. The summed E-state index contributed by atoms with van der Waals surface area (Å²) in [7, 11) is 1.67. The Kier molecular flexibility index (Phi) is 2.69. The quantitative estimate of drug-likeness (QED) is 0.790. The lowest BCUT2D eigenvalue weighted by molar-refractivity contribution is -0.126. The third kappa shape index (κ3) is 1.69. The number of fused-ring (bicyclic) bond motifs is 4. The van der Waals surface area contributed by atoms with Crippen LogP contribution in [-0.2, 0) is 4.79 Å². The Morgan fingerprint density at radius 3 is 3.00 bits per heavy atom. The van der Waals surface area contributed by atoms with Crippen LogP contribution in [0.15, 0.2) is 23.8 Å². The lowest BCUT2D eigenvalue weighted by Crippen LogP contribution is -2.36. The molecule has 0 spiro atoms. The van der Waals surface area contributed by atoms with Gasteiger partial charge in [0.1, 0.15) is 23.9 Å². The molecule has 1 aromatic carbocycles. The molecular formula is C18H20O3. The van der Waals surface area contributed by atoms with Crippen molar-refractivity contribution in [3.8, 4) is 11.5 Å². The molecular weight excluding hydrogens is 264 g/mol. The largest absolute Gasteiger partial charge is 0.497 e. The summed E-state index contributed by atoms with van der Waals surface area (Å²) < 4.78 is 11.2. The van der Waals surface area contributed by atoms with E-state index in [-0.39, 0.29) is 5.41 Å². The van der Waals surface area contributed by atoms with Crippen molar-refractivity contribution in [3.05, 3.63) is 29.3 Å². The van der Waals surface area contributed by atoms with Crippen LogP contribution in [0.2, 0.25) is 0 Å². The Bertz CT molecular complexity index is 658. The topological polar surface area (TPSA) is 35.5 Å². The molecule has 2 atom stereocenters. The number of ketones is 1. The van der Waals surface area contributed by atoms with Crippen LogP contribution >= 0.6 is 0 Å². The molecule has 3 heteroatoms. The summed E-state index contributed by atoms with van der Waals surface area (Å²) in [4.78, 5) is 12.3. The third-order valence-electron chi connectivity index (χ3n) is 5.67. The van der Waals surface area contributed by atoms with E-state index in [1.165, 1.54) is 16.7 Å². The monoisotopic (exact) mass is 284 g/mol. The molecule has 1 unspecified atom stereocenters. The van der Waals surface area contributed by atoms with E-state index in [1.54, 1.807) is 7.11 Å². The van der Waals surface area contributed by atoms with Gasteiger partial charge >= 0.3 is 0 Å². The average molecular weight is 284 g/mol. The Labute approximate surface area is 124 Å². The van der Waals surface area contributed by atoms with Crippen LogP contribution in [0.1, 0.15) is 38.2 Å². The van der Waals surface area contributed by atoms with Gasteiger partial charge in [-0.05, 0) is 48.5 Å². The second-order valence-corrected chi connectivity index (χ2v) is 6.59. The maximum atomic E-state index is 12.3. The van der Waals surface area contributed by atoms with E-state index >= 15 is 0 Å². The second kappa shape index (κ2) is 4.36. The molecule has 1 aromatic rings. The van der Waals surface area contributed by atoms with Gasteiger partial charge in [-0.2, -0.15) is 0 Å². The van der Waals surface area contributed by atoms with Crippen LogP contribution < -0.4 is 9.47 Å². The highest BCUT2D eigenvalue weighted by Gasteiger charge is 2.50. The first-order chi connectivity index (χ1) is 10.1. The molecule has 0 bridgehead atoms. The van der Waals surface area contributed by atoms with Crippen LogP contribution in [0.3, 0.4) is 0 Å². The Morgan fingerprint density at radius 2 is 2.19 bits per heavy atom. The first-order valence-corrected chi connectivity index (χ1v) is 7.70. The van der Waals surface area contributed by atoms with E-state index in [4.69, 9.17) is 9.47 Å². The predicted molar refractivity (Wildman–Crippen MR) is 80.5 cm³/mol. The minimum Gasteiger partial charge on any atom is -0.497 e. The van der Waals surface area contributed by atoms with E-state index < -0.39 is 0 Å². The molecule has 1 saturated carbocycles. The molecule has 21 heavy (non-hydrogen) atoms. The fourth-order valence-corrected chi connectivity index (χ4v) is 4.35. The van der Waals surface area contributed by atoms with E-state index in [1.807, 2.05) is 12.1 Å². The molecule has 1 fully saturated rings. The molecule has 0 amide bonds. The normalized spacial score (nSPS) is 30.4. The summed E-state index contributed by atoms with van der Waals surface area (Å²) in [5.74, 6) is 2.57. The van der Waals surface area contributed by atoms with Crippen LogP contribution in [0.4, 0.5) is 0 Å². The van der Waals surface area contributed by atoms with E-state index in [0.29, 0.717) is 18.3 Å². The molecule has 0 N–H and O–H groups in total. The maximum Gasteiger partial charge on any atom is 0.139 e. The van der Waals surface area contributed by atoms with Gasteiger partial charge in [-0.25, -0.2) is 0 Å². The Morgan fingerprint density at radius 1 is 1.33 bits per heavy atom. The summed E-state index contributed by atoms with van der Waals surface area (Å²) in [5, 5.41) is 0. The minimum atomic E-state index is -0.147. The maximum absolute atomic E-state index is 12.3. The van der Waals surface area contributed by atoms with Gasteiger partial charge in [-0.3, -0.25) is 4.79 Å². The Balaban J connectivity index is 1.81. The summed E-state index contributed by atoms with van der Waals surface area (Å²) in [6.45, 7) is 2.78. The van der Waals surface area contributed by atoms with Crippen molar-refractivity contribution in [2.45, 2.75) is 32.6 Å². The fourth-order valence-electron chi connectivity index (χ4n) is 4.35. The number of rotatable bonds is 1. The van der Waals surface area contributed by atoms with Gasteiger partial charge in [0.2, 0.25) is 0 Å². The molecule has 110 valence electrons. The van der Waals surface area contributed by atoms with Crippen LogP contribution in [0.25, 0.3) is 5.57 Å². The summed E-state index contributed by atoms with van der Waals surface area (Å²) in [6.07, 6.45) is 3.67. The van der Waals surface area contributed by atoms with Crippen molar-refractivity contribution in [1.82, 2.24) is 0 Å². The van der Waals surface area contributed by atoms with Crippen molar-refractivity contribution >= 4 is 11.4 Å². The van der Waals surface area contributed by atoms with Gasteiger partial charge in [0.15, 0.2) is 0 Å². The number of methoxy groups -OCH3 is 1. The highest BCUT2D eigenvalue weighted by molar-refractivity contribution is 5.90. The van der Waals surface area contributed by atoms with Gasteiger partial charge in [0.05, 0.1) is 7.11 Å². The first kappa shape index (κ1) is 12.9.